The van der Waals surface area contributed by atoms with Crippen LogP contribution in [0.1, 0.15) is 0 Å². The Hall–Kier alpha value is -2.76. The van der Waals surface area contributed by atoms with Crippen molar-refractivity contribution in [1.82, 2.24) is 29.4 Å². The highest BCUT2D eigenvalue weighted by molar-refractivity contribution is 7.99. The Balaban J connectivity index is 1.36. The van der Waals surface area contributed by atoms with E-state index in [-0.39, 0.29) is 29.6 Å². The summed E-state index contributed by atoms with van der Waals surface area (Å²) in [7, 11) is -3.61. The molecule has 1 aromatic heterocycles. The van der Waals surface area contributed by atoms with E-state index in [9.17, 15) is 13.2 Å². The zero-order valence-corrected chi connectivity index (χ0v) is 18.4. The van der Waals surface area contributed by atoms with Crippen LogP contribution < -0.4 is 0 Å². The smallest absolute Gasteiger partial charge is 0.243 e. The standard InChI is InChI=1S/C20H22N6O3S2/c1-2-9-26-20(21-22-23-26)30-15-19(27)24-10-12-25(13-11-24)31(28,29)18-8-7-16-5-3-4-6-17(16)14-18/h2-8,14H,1,9-13,15H2. The van der Waals surface area contributed by atoms with Crippen LogP contribution in [0.2, 0.25) is 0 Å². The zero-order valence-electron chi connectivity index (χ0n) is 16.8. The fourth-order valence-corrected chi connectivity index (χ4v) is 5.66. The van der Waals surface area contributed by atoms with Crippen molar-refractivity contribution in [3.05, 3.63) is 55.1 Å². The molecule has 1 aliphatic rings. The highest BCUT2D eigenvalue weighted by Gasteiger charge is 2.30. The minimum absolute atomic E-state index is 0.0686. The van der Waals surface area contributed by atoms with E-state index in [0.717, 1.165) is 10.8 Å². The molecule has 1 amide bonds. The van der Waals surface area contributed by atoms with Gasteiger partial charge in [-0.2, -0.15) is 4.31 Å². The van der Waals surface area contributed by atoms with Crippen LogP contribution in [0.4, 0.5) is 0 Å². The predicted octanol–water partition coefficient (Wildman–Crippen LogP) is 1.64. The number of sulfonamides is 1. The molecule has 11 heteroatoms. The van der Waals surface area contributed by atoms with Gasteiger partial charge in [-0.1, -0.05) is 48.2 Å². The van der Waals surface area contributed by atoms with Gasteiger partial charge in [-0.3, -0.25) is 4.79 Å². The number of benzene rings is 2. The molecule has 31 heavy (non-hydrogen) atoms. The average molecular weight is 459 g/mol. The van der Waals surface area contributed by atoms with Crippen molar-refractivity contribution in [3.63, 3.8) is 0 Å². The van der Waals surface area contributed by atoms with E-state index < -0.39 is 10.0 Å². The molecular formula is C20H22N6O3S2. The van der Waals surface area contributed by atoms with Gasteiger partial charge in [0.05, 0.1) is 17.2 Å². The molecule has 0 aliphatic carbocycles. The normalized spacial score (nSPS) is 15.3. The Labute approximate surface area is 184 Å². The van der Waals surface area contributed by atoms with Gasteiger partial charge in [-0.05, 0) is 33.3 Å². The van der Waals surface area contributed by atoms with Crippen molar-refractivity contribution in [3.8, 4) is 0 Å². The van der Waals surface area contributed by atoms with Crippen molar-refractivity contribution < 1.29 is 13.2 Å². The third-order valence-corrected chi connectivity index (χ3v) is 7.91. The van der Waals surface area contributed by atoms with Crippen molar-refractivity contribution in [2.45, 2.75) is 16.6 Å². The van der Waals surface area contributed by atoms with E-state index in [0.29, 0.717) is 24.8 Å². The summed E-state index contributed by atoms with van der Waals surface area (Å²) in [5.74, 6) is 0.121. The third-order valence-electron chi connectivity index (χ3n) is 5.08. The maximum Gasteiger partial charge on any atom is 0.243 e. The van der Waals surface area contributed by atoms with E-state index in [4.69, 9.17) is 0 Å². The Morgan fingerprint density at radius 2 is 1.84 bits per heavy atom. The number of thioether (sulfide) groups is 1. The molecule has 0 atom stereocenters. The maximum atomic E-state index is 13.1. The SMILES string of the molecule is C=CCn1nnnc1SCC(=O)N1CCN(S(=O)(=O)c2ccc3ccccc3c2)CC1. The number of fused-ring (bicyclic) bond motifs is 1. The van der Waals surface area contributed by atoms with Crippen LogP contribution in [0.15, 0.2) is 65.2 Å². The molecule has 1 fully saturated rings. The van der Waals surface area contributed by atoms with Crippen molar-refractivity contribution in [2.75, 3.05) is 31.9 Å². The summed E-state index contributed by atoms with van der Waals surface area (Å²) in [5, 5.41) is 13.8. The first-order chi connectivity index (χ1) is 15.0. The average Bonchev–Trinajstić information content (AvgIpc) is 3.24. The molecule has 2 heterocycles. The van der Waals surface area contributed by atoms with E-state index in [1.54, 1.807) is 27.8 Å². The number of carbonyl (C=O) groups excluding carboxylic acids is 1. The lowest BCUT2D eigenvalue weighted by atomic mass is 10.1. The lowest BCUT2D eigenvalue weighted by molar-refractivity contribution is -0.129. The van der Waals surface area contributed by atoms with Gasteiger partial charge >= 0.3 is 0 Å². The van der Waals surface area contributed by atoms with Gasteiger partial charge in [0, 0.05) is 26.2 Å². The largest absolute Gasteiger partial charge is 0.339 e. The van der Waals surface area contributed by atoms with Gasteiger partial charge in [-0.15, -0.1) is 11.7 Å². The first kappa shape index (κ1) is 21.5. The van der Waals surface area contributed by atoms with Crippen molar-refractivity contribution in [1.29, 1.82) is 0 Å². The monoisotopic (exact) mass is 458 g/mol. The molecule has 1 aliphatic heterocycles. The number of hydrogen-bond donors (Lipinski definition) is 0. The van der Waals surface area contributed by atoms with Crippen LogP contribution in [0.3, 0.4) is 0 Å². The molecule has 0 saturated carbocycles. The lowest BCUT2D eigenvalue weighted by Gasteiger charge is -2.34. The number of allylic oxidation sites excluding steroid dienone is 1. The predicted molar refractivity (Wildman–Crippen MR) is 118 cm³/mol. The van der Waals surface area contributed by atoms with Gasteiger partial charge in [0.15, 0.2) is 0 Å². The topological polar surface area (TPSA) is 101 Å². The number of amides is 1. The van der Waals surface area contributed by atoms with Crippen LogP contribution in [-0.2, 0) is 21.4 Å². The van der Waals surface area contributed by atoms with Crippen molar-refractivity contribution >= 4 is 38.5 Å². The molecule has 1 saturated heterocycles. The Kier molecular flexibility index (Phi) is 6.35. The second-order valence-corrected chi connectivity index (χ2v) is 9.90. The summed E-state index contributed by atoms with van der Waals surface area (Å²) in [4.78, 5) is 14.5. The van der Waals surface area contributed by atoms with Gasteiger partial charge < -0.3 is 4.90 Å². The highest BCUT2D eigenvalue weighted by Crippen LogP contribution is 2.23. The van der Waals surface area contributed by atoms with Crippen LogP contribution in [0.25, 0.3) is 10.8 Å². The fourth-order valence-electron chi connectivity index (χ4n) is 3.41. The number of piperazine rings is 1. The number of aromatic nitrogens is 4. The van der Waals surface area contributed by atoms with Crippen LogP contribution in [-0.4, -0.2) is 75.7 Å². The Bertz CT molecular complexity index is 1200. The van der Waals surface area contributed by atoms with Crippen LogP contribution in [0.5, 0.6) is 0 Å². The molecule has 0 spiro atoms. The maximum absolute atomic E-state index is 13.1. The fraction of sp³-hybridized carbons (Fsp3) is 0.300. The van der Waals surface area contributed by atoms with E-state index in [1.165, 1.54) is 16.1 Å². The first-order valence-electron chi connectivity index (χ1n) is 9.75. The number of hydrogen-bond acceptors (Lipinski definition) is 7. The number of nitrogens with zero attached hydrogens (tertiary/aromatic N) is 6. The zero-order chi connectivity index (χ0) is 21.8. The van der Waals surface area contributed by atoms with Crippen molar-refractivity contribution in [2.24, 2.45) is 0 Å². The van der Waals surface area contributed by atoms with Crippen LogP contribution in [0, 0.1) is 0 Å². The molecule has 3 aromatic rings. The molecule has 0 unspecified atom stereocenters. The second kappa shape index (κ2) is 9.16. The lowest BCUT2D eigenvalue weighted by Crippen LogP contribution is -2.50. The molecule has 162 valence electrons. The second-order valence-electron chi connectivity index (χ2n) is 7.01. The third kappa shape index (κ3) is 4.63. The summed E-state index contributed by atoms with van der Waals surface area (Å²) < 4.78 is 29.2. The summed E-state index contributed by atoms with van der Waals surface area (Å²) in [6.07, 6.45) is 1.68. The number of carbonyl (C=O) groups is 1. The molecule has 4 rings (SSSR count). The van der Waals surface area contributed by atoms with Gasteiger partial charge in [0.2, 0.25) is 21.1 Å². The molecular weight excluding hydrogens is 436 g/mol. The Morgan fingerprint density at radius 3 is 2.58 bits per heavy atom. The molecule has 0 radical (unpaired) electrons. The summed E-state index contributed by atoms with van der Waals surface area (Å²) in [6, 6.07) is 12.8. The number of rotatable bonds is 7. The van der Waals surface area contributed by atoms with E-state index in [1.807, 2.05) is 30.3 Å². The summed E-state index contributed by atoms with van der Waals surface area (Å²) in [6.45, 7) is 5.35. The molecule has 9 nitrogen and oxygen atoms in total. The van der Waals surface area contributed by atoms with E-state index in [2.05, 4.69) is 22.1 Å². The van der Waals surface area contributed by atoms with Crippen LogP contribution >= 0.6 is 11.8 Å². The first-order valence-corrected chi connectivity index (χ1v) is 12.2. The minimum atomic E-state index is -3.61. The van der Waals surface area contributed by atoms with Gasteiger partial charge in [-0.25, -0.2) is 13.1 Å². The molecule has 2 aromatic carbocycles. The van der Waals surface area contributed by atoms with E-state index >= 15 is 0 Å². The minimum Gasteiger partial charge on any atom is -0.339 e. The summed E-state index contributed by atoms with van der Waals surface area (Å²) >= 11 is 1.26. The molecule has 0 bridgehead atoms. The van der Waals surface area contributed by atoms with Gasteiger partial charge in [0.1, 0.15) is 0 Å². The molecule has 0 N–H and O–H groups in total. The Morgan fingerprint density at radius 1 is 1.10 bits per heavy atom. The number of tetrazole rings is 1. The van der Waals surface area contributed by atoms with Gasteiger partial charge in [0.25, 0.3) is 0 Å². The summed E-state index contributed by atoms with van der Waals surface area (Å²) in [5.41, 5.74) is 0. The highest BCUT2D eigenvalue weighted by atomic mass is 32.2. The quantitative estimate of drug-likeness (QED) is 0.392.